The molecule has 0 spiro atoms. The number of hydrogen-bond acceptors (Lipinski definition) is 7. The normalized spacial score (nSPS) is 17.0. The summed E-state index contributed by atoms with van der Waals surface area (Å²) in [5.74, 6) is -0.753. The Bertz CT molecular complexity index is 1510. The van der Waals surface area contributed by atoms with Crippen molar-refractivity contribution in [3.05, 3.63) is 75.8 Å². The van der Waals surface area contributed by atoms with Crippen molar-refractivity contribution in [1.29, 1.82) is 0 Å². The van der Waals surface area contributed by atoms with Gasteiger partial charge in [-0.15, -0.1) is 15.7 Å². The third-order valence-electron chi connectivity index (χ3n) is 5.18. The summed E-state index contributed by atoms with van der Waals surface area (Å²) in [6.07, 6.45) is 6.01. The SMILES string of the molecule is Cc1sc2ncn(NC(=O)C3=CC=CN4CCS(=O)(=O)N=C34)c(=O)c2c1-c1ccccc1. The minimum atomic E-state index is -3.65. The van der Waals surface area contributed by atoms with Crippen molar-refractivity contribution in [2.75, 3.05) is 17.7 Å². The number of carbonyl (C=O) groups is 1. The monoisotopic (exact) mass is 467 g/mol. The highest BCUT2D eigenvalue weighted by Gasteiger charge is 2.30. The van der Waals surface area contributed by atoms with Crippen LogP contribution in [0.15, 0.2) is 69.8 Å². The summed E-state index contributed by atoms with van der Waals surface area (Å²) in [6.45, 7) is 2.12. The summed E-state index contributed by atoms with van der Waals surface area (Å²) in [7, 11) is -3.65. The van der Waals surface area contributed by atoms with E-state index in [1.165, 1.54) is 23.7 Å². The lowest BCUT2D eigenvalue weighted by molar-refractivity contribution is -0.113. The van der Waals surface area contributed by atoms with Gasteiger partial charge in [0.25, 0.3) is 21.5 Å². The molecule has 2 aliphatic rings. The fourth-order valence-electron chi connectivity index (χ4n) is 3.70. The molecule has 0 atom stereocenters. The zero-order chi connectivity index (χ0) is 22.5. The quantitative estimate of drug-likeness (QED) is 0.630. The van der Waals surface area contributed by atoms with Crippen LogP contribution < -0.4 is 11.0 Å². The number of amidine groups is 1. The van der Waals surface area contributed by atoms with E-state index < -0.39 is 21.5 Å². The van der Waals surface area contributed by atoms with Gasteiger partial charge in [0, 0.05) is 23.2 Å². The van der Waals surface area contributed by atoms with E-state index in [0.717, 1.165) is 20.7 Å². The lowest BCUT2D eigenvalue weighted by Crippen LogP contribution is -2.43. The molecule has 162 valence electrons. The van der Waals surface area contributed by atoms with E-state index >= 15 is 0 Å². The summed E-state index contributed by atoms with van der Waals surface area (Å²) in [6, 6.07) is 9.51. The lowest BCUT2D eigenvalue weighted by Gasteiger charge is -2.28. The summed E-state index contributed by atoms with van der Waals surface area (Å²) >= 11 is 1.41. The van der Waals surface area contributed by atoms with Crippen LogP contribution in [0.25, 0.3) is 21.3 Å². The molecule has 1 amide bonds. The lowest BCUT2D eigenvalue weighted by atomic mass is 10.0. The fraction of sp³-hybridized carbons (Fsp3) is 0.143. The third kappa shape index (κ3) is 3.45. The van der Waals surface area contributed by atoms with Gasteiger partial charge in [0.2, 0.25) is 0 Å². The molecule has 0 aliphatic carbocycles. The number of fused-ring (bicyclic) bond motifs is 2. The number of thiophene rings is 1. The minimum Gasteiger partial charge on any atom is -0.331 e. The van der Waals surface area contributed by atoms with Gasteiger partial charge in [-0.05, 0) is 24.6 Å². The molecule has 5 rings (SSSR count). The number of sulfonamides is 1. The second kappa shape index (κ2) is 7.53. The molecule has 9 nitrogen and oxygen atoms in total. The molecule has 1 N–H and O–H groups in total. The van der Waals surface area contributed by atoms with Gasteiger partial charge in [-0.3, -0.25) is 15.0 Å². The highest BCUT2D eigenvalue weighted by molar-refractivity contribution is 7.90. The highest BCUT2D eigenvalue weighted by Crippen LogP contribution is 2.35. The van der Waals surface area contributed by atoms with Crippen molar-refractivity contribution in [2.45, 2.75) is 6.92 Å². The van der Waals surface area contributed by atoms with Crippen LogP contribution in [0.1, 0.15) is 4.88 Å². The van der Waals surface area contributed by atoms with Gasteiger partial charge in [-0.2, -0.15) is 0 Å². The average Bonchev–Trinajstić information content (AvgIpc) is 3.12. The molecule has 0 saturated heterocycles. The van der Waals surface area contributed by atoms with Crippen LogP contribution in [0.4, 0.5) is 0 Å². The number of rotatable bonds is 3. The number of carbonyl (C=O) groups excluding carboxylic acids is 1. The van der Waals surface area contributed by atoms with Crippen LogP contribution in [0, 0.1) is 6.92 Å². The maximum Gasteiger partial charge on any atom is 0.281 e. The molecule has 0 unspecified atom stereocenters. The van der Waals surface area contributed by atoms with Crippen LogP contribution in [-0.2, 0) is 14.8 Å². The summed E-state index contributed by atoms with van der Waals surface area (Å²) < 4.78 is 28.7. The summed E-state index contributed by atoms with van der Waals surface area (Å²) in [5.41, 5.74) is 3.81. The zero-order valence-electron chi connectivity index (χ0n) is 16.8. The maximum atomic E-state index is 13.3. The predicted octanol–water partition coefficient (Wildman–Crippen LogP) is 2.00. The molecule has 11 heteroatoms. The van der Waals surface area contributed by atoms with Crippen LogP contribution in [0.3, 0.4) is 0 Å². The van der Waals surface area contributed by atoms with Gasteiger partial charge in [-0.25, -0.2) is 18.1 Å². The van der Waals surface area contributed by atoms with E-state index in [1.54, 1.807) is 17.2 Å². The van der Waals surface area contributed by atoms with Crippen LogP contribution in [0.5, 0.6) is 0 Å². The van der Waals surface area contributed by atoms with E-state index in [1.807, 2.05) is 37.3 Å². The number of nitrogens with one attached hydrogen (secondary N) is 1. The first-order valence-corrected chi connectivity index (χ1v) is 12.1. The highest BCUT2D eigenvalue weighted by atomic mass is 32.2. The standard InChI is InChI=1S/C21H17N5O4S2/c1-13-16(14-6-3-2-4-7-14)17-20(31-13)22-12-26(21(17)28)23-19(27)15-8-5-9-25-10-11-32(29,30)24-18(15)25/h2-9,12H,10-11H2,1H3,(H,23,27). The molecule has 4 heterocycles. The van der Waals surface area contributed by atoms with Gasteiger partial charge in [0.15, 0.2) is 5.84 Å². The van der Waals surface area contributed by atoms with Gasteiger partial charge < -0.3 is 4.90 Å². The molecule has 3 aromatic rings. The van der Waals surface area contributed by atoms with Crippen molar-refractivity contribution >= 4 is 43.3 Å². The second-order valence-corrected chi connectivity index (χ2v) is 10.2. The van der Waals surface area contributed by atoms with Gasteiger partial charge >= 0.3 is 0 Å². The zero-order valence-corrected chi connectivity index (χ0v) is 18.5. The van der Waals surface area contributed by atoms with Crippen molar-refractivity contribution in [2.24, 2.45) is 4.40 Å². The molecule has 2 aliphatic heterocycles. The second-order valence-electron chi connectivity index (χ2n) is 7.26. The third-order valence-corrected chi connectivity index (χ3v) is 7.34. The smallest absolute Gasteiger partial charge is 0.281 e. The van der Waals surface area contributed by atoms with Crippen LogP contribution in [0.2, 0.25) is 0 Å². The van der Waals surface area contributed by atoms with E-state index in [0.29, 0.717) is 10.2 Å². The Morgan fingerprint density at radius 1 is 1.22 bits per heavy atom. The Labute approximate surface area is 187 Å². The topological polar surface area (TPSA) is 114 Å². The van der Waals surface area contributed by atoms with E-state index in [4.69, 9.17) is 0 Å². The Hall–Kier alpha value is -3.57. The largest absolute Gasteiger partial charge is 0.331 e. The Balaban J connectivity index is 1.55. The molecule has 0 radical (unpaired) electrons. The Morgan fingerprint density at radius 3 is 2.78 bits per heavy atom. The predicted molar refractivity (Wildman–Crippen MR) is 124 cm³/mol. The van der Waals surface area contributed by atoms with E-state index in [9.17, 15) is 18.0 Å². The van der Waals surface area contributed by atoms with Gasteiger partial charge in [0.05, 0.1) is 16.7 Å². The molecule has 0 bridgehead atoms. The molecule has 0 fully saturated rings. The Kier molecular flexibility index (Phi) is 4.79. The number of aromatic nitrogens is 2. The molecular weight excluding hydrogens is 450 g/mol. The number of nitrogens with zero attached hydrogens (tertiary/aromatic N) is 4. The van der Waals surface area contributed by atoms with Crippen LogP contribution in [-0.4, -0.2) is 47.0 Å². The first-order valence-electron chi connectivity index (χ1n) is 9.70. The number of allylic oxidation sites excluding steroid dienone is 2. The molecule has 0 saturated carbocycles. The van der Waals surface area contributed by atoms with E-state index in [-0.39, 0.29) is 23.7 Å². The van der Waals surface area contributed by atoms with Gasteiger partial charge in [0.1, 0.15) is 11.2 Å². The summed E-state index contributed by atoms with van der Waals surface area (Å²) in [5, 5.41) is 0.415. The molecule has 1 aromatic carbocycles. The average molecular weight is 468 g/mol. The Morgan fingerprint density at radius 2 is 2.00 bits per heavy atom. The first-order chi connectivity index (χ1) is 15.3. The maximum absolute atomic E-state index is 13.3. The number of aryl methyl sites for hydroxylation is 1. The van der Waals surface area contributed by atoms with Crippen molar-refractivity contribution < 1.29 is 13.2 Å². The first kappa shape index (κ1) is 20.3. The van der Waals surface area contributed by atoms with Gasteiger partial charge in [-0.1, -0.05) is 30.3 Å². The number of benzene rings is 1. The molecule has 2 aromatic heterocycles. The van der Waals surface area contributed by atoms with Crippen LogP contribution >= 0.6 is 11.3 Å². The van der Waals surface area contributed by atoms with Crippen molar-refractivity contribution in [1.82, 2.24) is 14.6 Å². The van der Waals surface area contributed by atoms with E-state index in [2.05, 4.69) is 14.8 Å². The molecule has 32 heavy (non-hydrogen) atoms. The van der Waals surface area contributed by atoms with Crippen molar-refractivity contribution in [3.63, 3.8) is 0 Å². The molecular formula is C21H17N5O4S2. The summed E-state index contributed by atoms with van der Waals surface area (Å²) in [4.78, 5) is 33.7. The number of amides is 1. The van der Waals surface area contributed by atoms with Crippen molar-refractivity contribution in [3.8, 4) is 11.1 Å². The number of hydrogen-bond donors (Lipinski definition) is 1. The minimum absolute atomic E-state index is 0.0367. The fourth-order valence-corrected chi connectivity index (χ4v) is 5.69.